The molecule has 0 unspecified atom stereocenters. The summed E-state index contributed by atoms with van der Waals surface area (Å²) in [6.45, 7) is 6.62. The Bertz CT molecular complexity index is 432. The number of nitrogens with zero attached hydrogens (tertiary/aromatic N) is 1. The van der Waals surface area contributed by atoms with Crippen LogP contribution in [0.5, 0.6) is 0 Å². The van der Waals surface area contributed by atoms with Gasteiger partial charge in [-0.25, -0.2) is 8.42 Å². The van der Waals surface area contributed by atoms with Gasteiger partial charge < -0.3 is 10.6 Å². The van der Waals surface area contributed by atoms with Crippen molar-refractivity contribution in [2.75, 3.05) is 31.6 Å². The third-order valence-corrected chi connectivity index (χ3v) is 5.35. The van der Waals surface area contributed by atoms with E-state index in [1.807, 2.05) is 6.92 Å². The first-order valence-electron chi connectivity index (χ1n) is 8.11. The molecule has 0 radical (unpaired) electrons. The zero-order valence-corrected chi connectivity index (χ0v) is 17.3. The van der Waals surface area contributed by atoms with Crippen LogP contribution in [-0.4, -0.2) is 46.0 Å². The van der Waals surface area contributed by atoms with Gasteiger partial charge in [0.25, 0.3) is 0 Å². The highest BCUT2D eigenvalue weighted by molar-refractivity contribution is 14.0. The third kappa shape index (κ3) is 8.55. The van der Waals surface area contributed by atoms with Gasteiger partial charge in [-0.1, -0.05) is 19.8 Å². The molecule has 0 aliphatic heterocycles. The van der Waals surface area contributed by atoms with E-state index >= 15 is 0 Å². The number of sulfone groups is 1. The summed E-state index contributed by atoms with van der Waals surface area (Å²) in [6, 6.07) is 0. The fourth-order valence-corrected chi connectivity index (χ4v) is 3.55. The Morgan fingerprint density at radius 3 is 2.32 bits per heavy atom. The van der Waals surface area contributed by atoms with E-state index < -0.39 is 9.84 Å². The van der Waals surface area contributed by atoms with Crippen molar-refractivity contribution in [3.63, 3.8) is 0 Å². The molecule has 1 rings (SSSR count). The highest BCUT2D eigenvalue weighted by atomic mass is 127. The van der Waals surface area contributed by atoms with Crippen molar-refractivity contribution in [2.45, 2.75) is 52.4 Å². The fraction of sp³-hybridized carbons (Fsp3) is 0.933. The molecule has 0 atom stereocenters. The summed E-state index contributed by atoms with van der Waals surface area (Å²) < 4.78 is 22.2. The Morgan fingerprint density at radius 2 is 1.82 bits per heavy atom. The largest absolute Gasteiger partial charge is 0.357 e. The minimum Gasteiger partial charge on any atom is -0.357 e. The molecule has 1 aliphatic rings. The van der Waals surface area contributed by atoms with Gasteiger partial charge in [-0.2, -0.15) is 0 Å². The Morgan fingerprint density at radius 1 is 1.18 bits per heavy atom. The van der Waals surface area contributed by atoms with Gasteiger partial charge in [0.05, 0.1) is 5.75 Å². The van der Waals surface area contributed by atoms with Crippen molar-refractivity contribution < 1.29 is 8.42 Å². The molecule has 5 nitrogen and oxygen atoms in total. The maximum absolute atomic E-state index is 11.1. The zero-order chi connectivity index (χ0) is 15.8. The molecule has 132 valence electrons. The summed E-state index contributed by atoms with van der Waals surface area (Å²) in [4.78, 5) is 4.72. The Labute approximate surface area is 153 Å². The van der Waals surface area contributed by atoms with Gasteiger partial charge in [-0.15, -0.1) is 24.0 Å². The second kappa shape index (κ2) is 10.7. The molecule has 0 heterocycles. The average molecular weight is 445 g/mol. The lowest BCUT2D eigenvalue weighted by molar-refractivity contribution is 0.297. The summed E-state index contributed by atoms with van der Waals surface area (Å²) in [6.07, 6.45) is 8.27. The van der Waals surface area contributed by atoms with Crippen LogP contribution >= 0.6 is 24.0 Å². The van der Waals surface area contributed by atoms with Gasteiger partial charge in [0, 0.05) is 25.9 Å². The third-order valence-electron chi connectivity index (χ3n) is 4.32. The number of nitrogens with one attached hydrogen (secondary N) is 2. The lowest BCUT2D eigenvalue weighted by atomic mass is 9.84. The Balaban J connectivity index is 0.00000441. The van der Waals surface area contributed by atoms with E-state index in [9.17, 15) is 8.42 Å². The molecular weight excluding hydrogens is 413 g/mol. The van der Waals surface area contributed by atoms with Crippen molar-refractivity contribution in [3.05, 3.63) is 0 Å². The van der Waals surface area contributed by atoms with Gasteiger partial charge in [0.15, 0.2) is 5.96 Å². The van der Waals surface area contributed by atoms with Crippen molar-refractivity contribution >= 4 is 39.8 Å². The normalized spacial score (nSPS) is 17.9. The van der Waals surface area contributed by atoms with Gasteiger partial charge >= 0.3 is 0 Å². The summed E-state index contributed by atoms with van der Waals surface area (Å²) in [5.74, 6) is 1.03. The molecule has 0 aromatic carbocycles. The second-order valence-electron chi connectivity index (χ2n) is 6.17. The van der Waals surface area contributed by atoms with Crippen LogP contribution in [0.15, 0.2) is 4.99 Å². The lowest BCUT2D eigenvalue weighted by Crippen LogP contribution is -2.39. The minimum atomic E-state index is -2.87. The number of hydrogen-bond acceptors (Lipinski definition) is 3. The zero-order valence-electron chi connectivity index (χ0n) is 14.2. The molecule has 0 amide bonds. The van der Waals surface area contributed by atoms with Crippen LogP contribution in [0.3, 0.4) is 0 Å². The first kappa shape index (κ1) is 21.9. The fourth-order valence-electron chi connectivity index (χ4n) is 2.88. The van der Waals surface area contributed by atoms with Gasteiger partial charge in [0.2, 0.25) is 0 Å². The van der Waals surface area contributed by atoms with Crippen LogP contribution < -0.4 is 10.6 Å². The van der Waals surface area contributed by atoms with E-state index in [0.717, 1.165) is 19.0 Å². The molecular formula is C15H32IN3O2S. The van der Waals surface area contributed by atoms with Crippen LogP contribution in [-0.2, 0) is 9.84 Å². The number of halogens is 1. The second-order valence-corrected chi connectivity index (χ2v) is 8.43. The predicted octanol–water partition coefficient (Wildman–Crippen LogP) is 2.56. The molecule has 1 saturated carbocycles. The molecule has 1 aliphatic carbocycles. The molecule has 1 fully saturated rings. The van der Waals surface area contributed by atoms with Crippen LogP contribution in [0.1, 0.15) is 52.4 Å². The minimum absolute atomic E-state index is 0. The quantitative estimate of drug-likeness (QED) is 0.261. The van der Waals surface area contributed by atoms with E-state index in [1.165, 1.54) is 38.4 Å². The van der Waals surface area contributed by atoms with Crippen LogP contribution in [0, 0.1) is 5.41 Å². The average Bonchev–Trinajstić information content (AvgIpc) is 2.89. The number of guanidine groups is 1. The molecule has 0 spiro atoms. The lowest BCUT2D eigenvalue weighted by Gasteiger charge is -2.25. The number of rotatable bonds is 8. The molecule has 0 saturated heterocycles. The van der Waals surface area contributed by atoms with Crippen molar-refractivity contribution in [3.8, 4) is 0 Å². The maximum Gasteiger partial charge on any atom is 0.191 e. The molecule has 2 N–H and O–H groups in total. The standard InChI is InChI=1S/C15H31N3O2S.HI/c1-4-15(9-6-7-10-15)13-18-14(16-5-2)17-11-8-12-21(3,19)20;/h4-13H2,1-3H3,(H2,16,17,18);1H. The van der Waals surface area contributed by atoms with E-state index in [2.05, 4.69) is 17.6 Å². The summed E-state index contributed by atoms with van der Waals surface area (Å²) in [7, 11) is -2.87. The molecule has 0 bridgehead atoms. The van der Waals surface area contributed by atoms with E-state index in [-0.39, 0.29) is 29.7 Å². The Kier molecular flexibility index (Phi) is 10.6. The molecule has 0 aromatic rings. The molecule has 0 aromatic heterocycles. The first-order valence-corrected chi connectivity index (χ1v) is 10.2. The van der Waals surface area contributed by atoms with Crippen LogP contribution in [0.25, 0.3) is 0 Å². The first-order chi connectivity index (χ1) is 9.91. The maximum atomic E-state index is 11.1. The van der Waals surface area contributed by atoms with Gasteiger partial charge in [-0.3, -0.25) is 4.99 Å². The molecule has 22 heavy (non-hydrogen) atoms. The van der Waals surface area contributed by atoms with Crippen LogP contribution in [0.4, 0.5) is 0 Å². The monoisotopic (exact) mass is 445 g/mol. The smallest absolute Gasteiger partial charge is 0.191 e. The van der Waals surface area contributed by atoms with Crippen molar-refractivity contribution in [1.82, 2.24) is 10.6 Å². The van der Waals surface area contributed by atoms with Gasteiger partial charge in [-0.05, 0) is 38.0 Å². The van der Waals surface area contributed by atoms with Crippen molar-refractivity contribution in [1.29, 1.82) is 0 Å². The predicted molar refractivity (Wildman–Crippen MR) is 105 cm³/mol. The Hall–Kier alpha value is -0.0500. The van der Waals surface area contributed by atoms with Crippen molar-refractivity contribution in [2.24, 2.45) is 10.4 Å². The highest BCUT2D eigenvalue weighted by Gasteiger charge is 2.31. The summed E-state index contributed by atoms with van der Waals surface area (Å²) >= 11 is 0. The van der Waals surface area contributed by atoms with E-state index in [1.54, 1.807) is 0 Å². The number of aliphatic imine (C=N–C) groups is 1. The topological polar surface area (TPSA) is 70.6 Å². The van der Waals surface area contributed by atoms with Gasteiger partial charge in [0.1, 0.15) is 9.84 Å². The van der Waals surface area contributed by atoms with Crippen LogP contribution in [0.2, 0.25) is 0 Å². The van der Waals surface area contributed by atoms with E-state index in [4.69, 9.17) is 4.99 Å². The molecule has 7 heteroatoms. The summed E-state index contributed by atoms with van der Waals surface area (Å²) in [5, 5.41) is 6.47. The summed E-state index contributed by atoms with van der Waals surface area (Å²) in [5.41, 5.74) is 0.384. The SMILES string of the molecule is CCNC(=NCC1(CC)CCCC1)NCCCS(C)(=O)=O.I. The van der Waals surface area contributed by atoms with E-state index in [0.29, 0.717) is 18.4 Å². The number of hydrogen-bond donors (Lipinski definition) is 2. The highest BCUT2D eigenvalue weighted by Crippen LogP contribution is 2.41.